The smallest absolute Gasteiger partial charge is 0.192 e. The maximum absolute atomic E-state index is 6.49. The molecule has 5 heteroatoms. The van der Waals surface area contributed by atoms with Crippen LogP contribution in [-0.2, 0) is 13.9 Å². The molecule has 2 N–H and O–H groups in total. The van der Waals surface area contributed by atoms with Crippen molar-refractivity contribution >= 4 is 8.32 Å². The highest BCUT2D eigenvalue weighted by Crippen LogP contribution is 2.43. The molecule has 2 fully saturated rings. The molecule has 4 nitrogen and oxygen atoms in total. The van der Waals surface area contributed by atoms with Gasteiger partial charge in [-0.2, -0.15) is 0 Å². The lowest BCUT2D eigenvalue weighted by Crippen LogP contribution is -2.46. The van der Waals surface area contributed by atoms with Crippen molar-refractivity contribution in [2.45, 2.75) is 89.3 Å². The summed E-state index contributed by atoms with van der Waals surface area (Å²) in [6.45, 7) is 15.2. The van der Waals surface area contributed by atoms with E-state index in [-0.39, 0.29) is 29.4 Å². The Morgan fingerprint density at radius 2 is 1.68 bits per heavy atom. The van der Waals surface area contributed by atoms with E-state index in [2.05, 4.69) is 33.9 Å². The van der Waals surface area contributed by atoms with Gasteiger partial charge in [0, 0.05) is 6.04 Å². The maximum Gasteiger partial charge on any atom is 0.192 e. The number of nitrogens with two attached hydrogens (primary N) is 1. The lowest BCUT2D eigenvalue weighted by molar-refractivity contribution is -0.162. The maximum atomic E-state index is 6.49. The summed E-state index contributed by atoms with van der Waals surface area (Å²) >= 11 is 0. The minimum Gasteiger partial charge on any atom is -0.411 e. The molecule has 0 aromatic heterocycles. The fourth-order valence-corrected chi connectivity index (χ4v) is 3.98. The van der Waals surface area contributed by atoms with E-state index < -0.39 is 14.1 Å². The molecule has 0 radical (unpaired) electrons. The number of fused-ring (bicyclic) bond motifs is 1. The van der Waals surface area contributed by atoms with Gasteiger partial charge in [-0.05, 0) is 38.4 Å². The van der Waals surface area contributed by atoms with Crippen molar-refractivity contribution < 1.29 is 13.9 Å². The van der Waals surface area contributed by atoms with Gasteiger partial charge in [0.25, 0.3) is 0 Å². The molecule has 4 unspecified atom stereocenters. The molecule has 1 saturated heterocycles. The fraction of sp³-hybridized carbons (Fsp3) is 1.00. The average Bonchev–Trinajstić information content (AvgIpc) is 2.62. The Kier molecular flexibility index (Phi) is 3.68. The number of hydrogen-bond acceptors (Lipinski definition) is 4. The van der Waals surface area contributed by atoms with Crippen LogP contribution in [0.2, 0.25) is 18.1 Å². The van der Waals surface area contributed by atoms with Gasteiger partial charge in [-0.3, -0.25) is 0 Å². The van der Waals surface area contributed by atoms with Crippen LogP contribution < -0.4 is 5.73 Å². The van der Waals surface area contributed by atoms with E-state index in [1.165, 1.54) is 0 Å². The summed E-state index contributed by atoms with van der Waals surface area (Å²) in [5.41, 5.74) is 6.19. The zero-order valence-electron chi connectivity index (χ0n) is 13.3. The molecule has 0 amide bonds. The molecule has 1 saturated carbocycles. The Hall–Kier alpha value is 0.0569. The highest BCUT2D eigenvalue weighted by Gasteiger charge is 2.55. The fourth-order valence-electron chi connectivity index (χ4n) is 2.64. The molecule has 0 aromatic carbocycles. The third-order valence-electron chi connectivity index (χ3n) is 4.71. The first-order valence-corrected chi connectivity index (χ1v) is 10.1. The van der Waals surface area contributed by atoms with Crippen LogP contribution in [0.3, 0.4) is 0 Å². The van der Waals surface area contributed by atoms with Crippen molar-refractivity contribution in [1.82, 2.24) is 0 Å². The third kappa shape index (κ3) is 2.90. The number of hydrogen-bond donors (Lipinski definition) is 1. The van der Waals surface area contributed by atoms with E-state index in [0.717, 1.165) is 6.42 Å². The van der Waals surface area contributed by atoms with Crippen molar-refractivity contribution in [2.24, 2.45) is 5.73 Å². The van der Waals surface area contributed by atoms with Gasteiger partial charge in [-0.1, -0.05) is 20.8 Å². The number of rotatable bonds is 2. The monoisotopic (exact) mass is 287 g/mol. The second kappa shape index (κ2) is 4.53. The molecule has 19 heavy (non-hydrogen) atoms. The van der Waals surface area contributed by atoms with Crippen LogP contribution in [-0.4, -0.2) is 38.5 Å². The summed E-state index contributed by atoms with van der Waals surface area (Å²) in [6.07, 6.45) is 0.865. The van der Waals surface area contributed by atoms with Crippen molar-refractivity contribution in [3.8, 4) is 0 Å². The summed E-state index contributed by atoms with van der Waals surface area (Å²) in [6, 6.07) is 0.0153. The van der Waals surface area contributed by atoms with Crippen LogP contribution in [0.15, 0.2) is 0 Å². The van der Waals surface area contributed by atoms with Gasteiger partial charge in [-0.15, -0.1) is 0 Å². The van der Waals surface area contributed by atoms with Crippen LogP contribution in [0, 0.1) is 0 Å². The van der Waals surface area contributed by atoms with Gasteiger partial charge in [0.05, 0.1) is 6.10 Å². The molecule has 2 rings (SSSR count). The Balaban J connectivity index is 2.11. The zero-order chi connectivity index (χ0) is 14.6. The molecular formula is C14H29NO3Si. The summed E-state index contributed by atoms with van der Waals surface area (Å²) in [4.78, 5) is 0. The summed E-state index contributed by atoms with van der Waals surface area (Å²) < 4.78 is 18.4. The first-order valence-electron chi connectivity index (χ1n) is 7.22. The molecular weight excluding hydrogens is 258 g/mol. The molecule has 2 aliphatic rings. The van der Waals surface area contributed by atoms with Crippen molar-refractivity contribution in [2.75, 3.05) is 0 Å². The minimum absolute atomic E-state index is 0.0147. The number of ether oxygens (including phenoxy) is 2. The molecule has 0 bridgehead atoms. The van der Waals surface area contributed by atoms with Gasteiger partial charge in [-0.25, -0.2) is 0 Å². The predicted molar refractivity (Wildman–Crippen MR) is 78.5 cm³/mol. The first-order chi connectivity index (χ1) is 8.43. The van der Waals surface area contributed by atoms with Crippen LogP contribution in [0.25, 0.3) is 0 Å². The van der Waals surface area contributed by atoms with Crippen molar-refractivity contribution in [3.05, 3.63) is 0 Å². The van der Waals surface area contributed by atoms with E-state index in [4.69, 9.17) is 19.6 Å². The first kappa shape index (κ1) is 15.4. The van der Waals surface area contributed by atoms with E-state index in [9.17, 15) is 0 Å². The van der Waals surface area contributed by atoms with E-state index in [1.807, 2.05) is 13.8 Å². The van der Waals surface area contributed by atoms with Crippen molar-refractivity contribution in [3.63, 3.8) is 0 Å². The normalized spacial score (nSPS) is 38.5. The molecule has 1 aliphatic heterocycles. The second-order valence-corrected chi connectivity index (χ2v) is 12.6. The molecule has 0 aromatic rings. The van der Waals surface area contributed by atoms with Crippen molar-refractivity contribution in [1.29, 1.82) is 0 Å². The summed E-state index contributed by atoms with van der Waals surface area (Å²) in [5, 5.41) is 0.199. The van der Waals surface area contributed by atoms with Gasteiger partial charge in [0.15, 0.2) is 14.1 Å². The minimum atomic E-state index is -1.80. The highest BCUT2D eigenvalue weighted by atomic mass is 28.4. The quantitative estimate of drug-likeness (QED) is 0.793. The van der Waals surface area contributed by atoms with Crippen LogP contribution in [0.5, 0.6) is 0 Å². The Bertz CT molecular complexity index is 351. The Morgan fingerprint density at radius 3 is 2.21 bits per heavy atom. The summed E-state index contributed by atoms with van der Waals surface area (Å²) in [5.74, 6) is -0.539. The van der Waals surface area contributed by atoms with E-state index in [1.54, 1.807) is 0 Å². The van der Waals surface area contributed by atoms with Gasteiger partial charge in [0.2, 0.25) is 0 Å². The van der Waals surface area contributed by atoms with Crippen LogP contribution >= 0.6 is 0 Å². The van der Waals surface area contributed by atoms with Crippen LogP contribution in [0.1, 0.15) is 41.0 Å². The third-order valence-corrected chi connectivity index (χ3v) is 9.21. The summed E-state index contributed by atoms with van der Waals surface area (Å²) in [7, 11) is -1.80. The predicted octanol–water partition coefficient (Wildman–Crippen LogP) is 2.63. The average molecular weight is 287 g/mol. The van der Waals surface area contributed by atoms with E-state index >= 15 is 0 Å². The van der Waals surface area contributed by atoms with Gasteiger partial charge < -0.3 is 19.6 Å². The highest BCUT2D eigenvalue weighted by molar-refractivity contribution is 6.74. The molecule has 4 atom stereocenters. The SMILES string of the molecule is CC1(C)OC2C(N)CC(O[Si](C)(C)C(C)(C)C)C2O1. The molecule has 0 spiro atoms. The molecule has 112 valence electrons. The largest absolute Gasteiger partial charge is 0.411 e. The lowest BCUT2D eigenvalue weighted by atomic mass is 10.2. The molecule has 1 aliphatic carbocycles. The molecule has 1 heterocycles. The lowest BCUT2D eigenvalue weighted by Gasteiger charge is -2.39. The van der Waals surface area contributed by atoms with Gasteiger partial charge >= 0.3 is 0 Å². The zero-order valence-corrected chi connectivity index (χ0v) is 14.3. The Labute approximate surface area is 118 Å². The van der Waals surface area contributed by atoms with Crippen LogP contribution in [0.4, 0.5) is 0 Å². The van der Waals surface area contributed by atoms with E-state index in [0.29, 0.717) is 0 Å². The Morgan fingerprint density at radius 1 is 1.16 bits per heavy atom. The van der Waals surface area contributed by atoms with Gasteiger partial charge in [0.1, 0.15) is 12.2 Å². The topological polar surface area (TPSA) is 53.7 Å². The standard InChI is InChI=1S/C14H29NO3Si/c1-13(2,3)19(6,7)18-10-8-9(15)11-12(10)17-14(4,5)16-11/h9-12H,8,15H2,1-7H3. The second-order valence-electron chi connectivity index (χ2n) is 7.88.